The fourth-order valence-corrected chi connectivity index (χ4v) is 3.24. The maximum Gasteiger partial charge on any atom is 0.242 e. The molecule has 0 spiro atoms. The van der Waals surface area contributed by atoms with Crippen molar-refractivity contribution in [2.24, 2.45) is 0 Å². The molecule has 21 heavy (non-hydrogen) atoms. The molecular formula is C12H18ClN3O4S. The molecule has 1 aromatic rings. The van der Waals surface area contributed by atoms with Gasteiger partial charge in [-0.2, -0.15) is 4.72 Å². The van der Waals surface area contributed by atoms with Crippen molar-refractivity contribution in [2.75, 3.05) is 26.0 Å². The highest BCUT2D eigenvalue weighted by Crippen LogP contribution is 2.23. The van der Waals surface area contributed by atoms with Crippen molar-refractivity contribution in [2.45, 2.75) is 17.9 Å². The molecule has 1 aromatic carbocycles. The standard InChI is InChI=1S/C12H18ClN3O4S/c1-8(12(17)15-5-6-20-2)16-21(18,19)11-7-9(14)3-4-10(11)13/h3-4,7-8,16H,5-6,14H2,1-2H3,(H,15,17). The maximum atomic E-state index is 12.2. The Bertz CT molecular complexity index is 607. The van der Waals surface area contributed by atoms with Gasteiger partial charge < -0.3 is 15.8 Å². The molecule has 1 atom stereocenters. The summed E-state index contributed by atoms with van der Waals surface area (Å²) in [6.45, 7) is 2.06. The number of carbonyl (C=O) groups excluding carboxylic acids is 1. The molecular weight excluding hydrogens is 318 g/mol. The number of nitrogens with one attached hydrogen (secondary N) is 2. The van der Waals surface area contributed by atoms with Crippen LogP contribution in [0.4, 0.5) is 5.69 Å². The molecule has 0 saturated heterocycles. The second-order valence-corrected chi connectivity index (χ2v) is 6.41. The van der Waals surface area contributed by atoms with Gasteiger partial charge in [0.15, 0.2) is 0 Å². The van der Waals surface area contributed by atoms with Gasteiger partial charge in [0.2, 0.25) is 15.9 Å². The van der Waals surface area contributed by atoms with E-state index < -0.39 is 22.0 Å². The van der Waals surface area contributed by atoms with Crippen LogP contribution in [0.25, 0.3) is 0 Å². The Balaban J connectivity index is 2.80. The first-order valence-corrected chi connectivity index (χ1v) is 7.98. The van der Waals surface area contributed by atoms with E-state index in [0.717, 1.165) is 0 Å². The number of ether oxygens (including phenoxy) is 1. The van der Waals surface area contributed by atoms with E-state index in [2.05, 4.69) is 10.0 Å². The lowest BCUT2D eigenvalue weighted by Gasteiger charge is -2.15. The van der Waals surface area contributed by atoms with Gasteiger partial charge in [-0.1, -0.05) is 11.6 Å². The van der Waals surface area contributed by atoms with E-state index >= 15 is 0 Å². The van der Waals surface area contributed by atoms with Crippen LogP contribution in [0.2, 0.25) is 5.02 Å². The summed E-state index contributed by atoms with van der Waals surface area (Å²) in [6.07, 6.45) is 0. The number of anilines is 1. The van der Waals surface area contributed by atoms with E-state index in [0.29, 0.717) is 13.2 Å². The summed E-state index contributed by atoms with van der Waals surface area (Å²) < 4.78 is 31.4. The Labute approximate surface area is 128 Å². The highest BCUT2D eigenvalue weighted by atomic mass is 35.5. The molecule has 0 aromatic heterocycles. The van der Waals surface area contributed by atoms with Crippen molar-refractivity contribution in [1.29, 1.82) is 0 Å². The Morgan fingerprint density at radius 3 is 2.76 bits per heavy atom. The van der Waals surface area contributed by atoms with Gasteiger partial charge in [-0.05, 0) is 25.1 Å². The third-order valence-electron chi connectivity index (χ3n) is 2.58. The Hall–Kier alpha value is -1.35. The van der Waals surface area contributed by atoms with E-state index in [1.165, 1.54) is 32.2 Å². The summed E-state index contributed by atoms with van der Waals surface area (Å²) in [5, 5.41) is 2.57. The van der Waals surface area contributed by atoms with Crippen LogP contribution in [0.3, 0.4) is 0 Å². The number of benzene rings is 1. The van der Waals surface area contributed by atoms with Crippen LogP contribution in [0, 0.1) is 0 Å². The minimum Gasteiger partial charge on any atom is -0.399 e. The highest BCUT2D eigenvalue weighted by molar-refractivity contribution is 7.89. The van der Waals surface area contributed by atoms with Crippen molar-refractivity contribution >= 4 is 33.2 Å². The molecule has 9 heteroatoms. The number of rotatable bonds is 7. The smallest absolute Gasteiger partial charge is 0.242 e. The summed E-state index contributed by atoms with van der Waals surface area (Å²) >= 11 is 5.85. The second-order valence-electron chi connectivity index (χ2n) is 4.32. The fourth-order valence-electron chi connectivity index (χ4n) is 1.51. The third kappa shape index (κ3) is 5.16. The molecule has 0 bridgehead atoms. The topological polar surface area (TPSA) is 111 Å². The van der Waals surface area contributed by atoms with E-state index in [1.807, 2.05) is 0 Å². The molecule has 0 aliphatic carbocycles. The molecule has 4 N–H and O–H groups in total. The zero-order chi connectivity index (χ0) is 16.0. The number of methoxy groups -OCH3 is 1. The first kappa shape index (κ1) is 17.7. The largest absolute Gasteiger partial charge is 0.399 e. The summed E-state index contributed by atoms with van der Waals surface area (Å²) in [7, 11) is -2.44. The number of nitrogens with two attached hydrogens (primary N) is 1. The quantitative estimate of drug-likeness (QED) is 0.492. The zero-order valence-electron chi connectivity index (χ0n) is 11.7. The van der Waals surface area contributed by atoms with Crippen LogP contribution in [0.5, 0.6) is 0 Å². The molecule has 0 radical (unpaired) electrons. The average Bonchev–Trinajstić information content (AvgIpc) is 2.41. The maximum absolute atomic E-state index is 12.2. The van der Waals surface area contributed by atoms with E-state index in [9.17, 15) is 13.2 Å². The molecule has 0 fully saturated rings. The molecule has 0 aliphatic heterocycles. The van der Waals surface area contributed by atoms with Gasteiger partial charge in [0.05, 0.1) is 17.7 Å². The van der Waals surface area contributed by atoms with Crippen LogP contribution in [-0.2, 0) is 19.6 Å². The van der Waals surface area contributed by atoms with Crippen LogP contribution in [0.15, 0.2) is 23.1 Å². The fraction of sp³-hybridized carbons (Fsp3) is 0.417. The van der Waals surface area contributed by atoms with Crippen molar-refractivity contribution < 1.29 is 17.9 Å². The van der Waals surface area contributed by atoms with Crippen LogP contribution >= 0.6 is 11.6 Å². The summed E-state index contributed by atoms with van der Waals surface area (Å²) in [5.41, 5.74) is 5.81. The predicted octanol–water partition coefficient (Wildman–Crippen LogP) is 0.352. The van der Waals surface area contributed by atoms with Gasteiger partial charge in [-0.15, -0.1) is 0 Å². The number of halogens is 1. The second kappa shape index (κ2) is 7.60. The number of nitrogen functional groups attached to an aromatic ring is 1. The van der Waals surface area contributed by atoms with E-state index in [1.54, 1.807) is 0 Å². The van der Waals surface area contributed by atoms with Crippen molar-refractivity contribution in [3.63, 3.8) is 0 Å². The van der Waals surface area contributed by atoms with Gasteiger partial charge >= 0.3 is 0 Å². The lowest BCUT2D eigenvalue weighted by atomic mass is 10.3. The van der Waals surface area contributed by atoms with Gasteiger partial charge in [-0.3, -0.25) is 4.79 Å². The van der Waals surface area contributed by atoms with Crippen molar-refractivity contribution in [1.82, 2.24) is 10.0 Å². The number of hydrogen-bond acceptors (Lipinski definition) is 5. The minimum absolute atomic E-state index is 0.0312. The summed E-state index contributed by atoms with van der Waals surface area (Å²) in [4.78, 5) is 11.6. The first-order valence-electron chi connectivity index (χ1n) is 6.12. The zero-order valence-corrected chi connectivity index (χ0v) is 13.3. The Morgan fingerprint density at radius 1 is 1.48 bits per heavy atom. The molecule has 0 saturated carbocycles. The molecule has 1 unspecified atom stereocenters. The molecule has 0 heterocycles. The number of sulfonamides is 1. The van der Waals surface area contributed by atoms with E-state index in [4.69, 9.17) is 22.1 Å². The Morgan fingerprint density at radius 2 is 2.14 bits per heavy atom. The lowest BCUT2D eigenvalue weighted by molar-refractivity contribution is -0.122. The summed E-state index contributed by atoms with van der Waals surface area (Å²) in [6, 6.07) is 3.15. The third-order valence-corrected chi connectivity index (χ3v) is 4.60. The average molecular weight is 336 g/mol. The predicted molar refractivity (Wildman–Crippen MR) is 80.5 cm³/mol. The Kier molecular flexibility index (Phi) is 6.41. The highest BCUT2D eigenvalue weighted by Gasteiger charge is 2.24. The van der Waals surface area contributed by atoms with Gasteiger partial charge in [0.25, 0.3) is 0 Å². The van der Waals surface area contributed by atoms with Crippen LogP contribution in [0.1, 0.15) is 6.92 Å². The van der Waals surface area contributed by atoms with Gasteiger partial charge in [-0.25, -0.2) is 8.42 Å². The normalized spacial score (nSPS) is 12.9. The minimum atomic E-state index is -3.94. The molecule has 1 amide bonds. The SMILES string of the molecule is COCCNC(=O)C(C)NS(=O)(=O)c1cc(N)ccc1Cl. The number of carbonyl (C=O) groups is 1. The lowest BCUT2D eigenvalue weighted by Crippen LogP contribution is -2.45. The molecule has 118 valence electrons. The number of hydrogen-bond donors (Lipinski definition) is 3. The van der Waals surface area contributed by atoms with Crippen LogP contribution in [-0.4, -0.2) is 40.6 Å². The monoisotopic (exact) mass is 335 g/mol. The summed E-state index contributed by atoms with van der Waals surface area (Å²) in [5.74, 6) is -0.462. The molecule has 7 nitrogen and oxygen atoms in total. The van der Waals surface area contributed by atoms with Gasteiger partial charge in [0, 0.05) is 19.3 Å². The van der Waals surface area contributed by atoms with Crippen LogP contribution < -0.4 is 15.8 Å². The van der Waals surface area contributed by atoms with Gasteiger partial charge in [0.1, 0.15) is 4.90 Å². The first-order chi connectivity index (χ1) is 9.77. The van der Waals surface area contributed by atoms with E-state index in [-0.39, 0.29) is 15.6 Å². The van der Waals surface area contributed by atoms with Crippen molar-refractivity contribution in [3.05, 3.63) is 23.2 Å². The van der Waals surface area contributed by atoms with Crippen molar-refractivity contribution in [3.8, 4) is 0 Å². The molecule has 1 rings (SSSR count). The molecule has 0 aliphatic rings. The number of amides is 1.